The maximum atomic E-state index is 13.0. The Morgan fingerprint density at radius 2 is 1.75 bits per heavy atom. The summed E-state index contributed by atoms with van der Waals surface area (Å²) >= 11 is 0. The molecule has 1 aliphatic rings. The fourth-order valence-electron chi connectivity index (χ4n) is 3.10. The highest BCUT2D eigenvalue weighted by Gasteiger charge is 2.24. The molecule has 0 saturated carbocycles. The first-order valence-corrected chi connectivity index (χ1v) is 8.31. The molecule has 1 aromatic heterocycles. The Balaban J connectivity index is 1.65. The van der Waals surface area contributed by atoms with Crippen LogP contribution in [-0.2, 0) is 0 Å². The summed E-state index contributed by atoms with van der Waals surface area (Å²) in [5.41, 5.74) is 2.50. The second kappa shape index (κ2) is 6.63. The van der Waals surface area contributed by atoms with E-state index in [1.54, 1.807) is 12.1 Å². The van der Waals surface area contributed by atoms with Crippen LogP contribution >= 0.6 is 0 Å². The largest absolute Gasteiger partial charge is 0.368 e. The maximum Gasteiger partial charge on any atom is 0.274 e. The van der Waals surface area contributed by atoms with Gasteiger partial charge in [-0.3, -0.25) is 9.48 Å². The van der Waals surface area contributed by atoms with Crippen molar-refractivity contribution in [2.75, 3.05) is 31.1 Å². The van der Waals surface area contributed by atoms with Crippen LogP contribution in [0.25, 0.3) is 0 Å². The summed E-state index contributed by atoms with van der Waals surface area (Å²) in [6.07, 6.45) is 0. The molecule has 2 heterocycles. The van der Waals surface area contributed by atoms with E-state index in [0.717, 1.165) is 24.5 Å². The fourth-order valence-corrected chi connectivity index (χ4v) is 3.10. The van der Waals surface area contributed by atoms with Gasteiger partial charge in [0, 0.05) is 43.6 Å². The lowest BCUT2D eigenvalue weighted by atomic mass is 10.2. The summed E-state index contributed by atoms with van der Waals surface area (Å²) in [5, 5.41) is 4.44. The number of rotatable bonds is 3. The first-order valence-electron chi connectivity index (χ1n) is 8.31. The quantitative estimate of drug-likeness (QED) is 0.869. The molecule has 1 aliphatic heterocycles. The minimum atomic E-state index is -0.233. The average Bonchev–Trinajstić information content (AvgIpc) is 2.97. The van der Waals surface area contributed by atoms with Gasteiger partial charge in [-0.25, -0.2) is 4.39 Å². The molecular formula is C18H23FN4O. The molecule has 0 bridgehead atoms. The molecule has 0 unspecified atom stereocenters. The molecule has 128 valence electrons. The third-order valence-corrected chi connectivity index (χ3v) is 4.39. The third-order valence-electron chi connectivity index (χ3n) is 4.39. The highest BCUT2D eigenvalue weighted by Crippen LogP contribution is 2.18. The number of piperazine rings is 1. The van der Waals surface area contributed by atoms with E-state index >= 15 is 0 Å². The fraction of sp³-hybridized carbons (Fsp3) is 0.444. The van der Waals surface area contributed by atoms with Gasteiger partial charge in [-0.1, -0.05) is 0 Å². The van der Waals surface area contributed by atoms with Crippen LogP contribution in [0.2, 0.25) is 0 Å². The highest BCUT2D eigenvalue weighted by molar-refractivity contribution is 5.92. The Bertz CT molecular complexity index is 715. The molecule has 0 N–H and O–H groups in total. The van der Waals surface area contributed by atoms with E-state index in [1.807, 2.05) is 22.6 Å². The van der Waals surface area contributed by atoms with Crippen molar-refractivity contribution in [3.63, 3.8) is 0 Å². The van der Waals surface area contributed by atoms with Crippen LogP contribution in [0.1, 0.15) is 36.1 Å². The van der Waals surface area contributed by atoms with Gasteiger partial charge in [0.15, 0.2) is 5.69 Å². The monoisotopic (exact) mass is 330 g/mol. The lowest BCUT2D eigenvalue weighted by Gasteiger charge is -2.35. The smallest absolute Gasteiger partial charge is 0.274 e. The van der Waals surface area contributed by atoms with E-state index in [0.29, 0.717) is 18.8 Å². The van der Waals surface area contributed by atoms with E-state index in [-0.39, 0.29) is 17.8 Å². The van der Waals surface area contributed by atoms with Gasteiger partial charge < -0.3 is 9.80 Å². The van der Waals surface area contributed by atoms with Crippen molar-refractivity contribution < 1.29 is 9.18 Å². The predicted octanol–water partition coefficient (Wildman–Crippen LogP) is 2.87. The van der Waals surface area contributed by atoms with Crippen LogP contribution in [0.4, 0.5) is 10.1 Å². The molecule has 1 saturated heterocycles. The second-order valence-electron chi connectivity index (χ2n) is 6.46. The zero-order valence-electron chi connectivity index (χ0n) is 14.4. The molecule has 1 fully saturated rings. The van der Waals surface area contributed by atoms with Crippen molar-refractivity contribution in [3.8, 4) is 0 Å². The van der Waals surface area contributed by atoms with E-state index in [2.05, 4.69) is 23.8 Å². The number of halogens is 1. The van der Waals surface area contributed by atoms with Crippen LogP contribution in [0.5, 0.6) is 0 Å². The van der Waals surface area contributed by atoms with E-state index in [9.17, 15) is 9.18 Å². The summed E-state index contributed by atoms with van der Waals surface area (Å²) in [6, 6.07) is 8.58. The number of nitrogens with zero attached hydrogens (tertiary/aromatic N) is 4. The van der Waals surface area contributed by atoms with Crippen molar-refractivity contribution in [1.82, 2.24) is 14.7 Å². The van der Waals surface area contributed by atoms with Crippen LogP contribution < -0.4 is 4.90 Å². The molecule has 0 aliphatic carbocycles. The Labute approximate surface area is 141 Å². The molecule has 0 spiro atoms. The number of carbonyl (C=O) groups excluding carboxylic acids is 1. The van der Waals surface area contributed by atoms with E-state index < -0.39 is 0 Å². The van der Waals surface area contributed by atoms with Crippen LogP contribution in [0, 0.1) is 12.7 Å². The number of amides is 1. The molecule has 0 radical (unpaired) electrons. The summed E-state index contributed by atoms with van der Waals surface area (Å²) < 4.78 is 14.9. The Morgan fingerprint density at radius 1 is 1.12 bits per heavy atom. The summed E-state index contributed by atoms with van der Waals surface area (Å²) in [6.45, 7) is 8.83. The average molecular weight is 330 g/mol. The Morgan fingerprint density at radius 3 is 2.29 bits per heavy atom. The Hall–Kier alpha value is -2.37. The normalized spacial score (nSPS) is 15.2. The number of carbonyl (C=O) groups is 1. The minimum absolute atomic E-state index is 0.0174. The van der Waals surface area contributed by atoms with Gasteiger partial charge in [-0.15, -0.1) is 0 Å². The van der Waals surface area contributed by atoms with Crippen molar-refractivity contribution in [2.45, 2.75) is 26.8 Å². The highest BCUT2D eigenvalue weighted by atomic mass is 19.1. The minimum Gasteiger partial charge on any atom is -0.368 e. The van der Waals surface area contributed by atoms with Crippen LogP contribution in [-0.4, -0.2) is 46.8 Å². The number of benzene rings is 1. The van der Waals surface area contributed by atoms with Crippen molar-refractivity contribution >= 4 is 11.6 Å². The van der Waals surface area contributed by atoms with Gasteiger partial charge in [0.25, 0.3) is 5.91 Å². The van der Waals surface area contributed by atoms with Crippen LogP contribution in [0.15, 0.2) is 30.3 Å². The third kappa shape index (κ3) is 3.27. The number of aryl methyl sites for hydroxylation is 1. The molecule has 5 nitrogen and oxygen atoms in total. The first-order chi connectivity index (χ1) is 11.5. The van der Waals surface area contributed by atoms with E-state index in [1.165, 1.54) is 12.1 Å². The van der Waals surface area contributed by atoms with Crippen molar-refractivity contribution in [1.29, 1.82) is 0 Å². The van der Waals surface area contributed by atoms with Crippen molar-refractivity contribution in [2.24, 2.45) is 0 Å². The number of anilines is 1. The number of aromatic nitrogens is 2. The second-order valence-corrected chi connectivity index (χ2v) is 6.46. The molecule has 1 amide bonds. The summed E-state index contributed by atoms with van der Waals surface area (Å²) in [5.74, 6) is -0.250. The predicted molar refractivity (Wildman–Crippen MR) is 91.9 cm³/mol. The maximum absolute atomic E-state index is 13.0. The first kappa shape index (κ1) is 16.5. The zero-order chi connectivity index (χ0) is 17.3. The standard InChI is InChI=1S/C18H23FN4O/c1-13(2)23-14(3)12-17(20-23)18(24)22-10-8-21(9-11-22)16-6-4-15(19)5-7-16/h4-7,12-13H,8-11H2,1-3H3. The molecular weight excluding hydrogens is 307 g/mol. The summed E-state index contributed by atoms with van der Waals surface area (Å²) in [4.78, 5) is 16.7. The molecule has 3 rings (SSSR count). The van der Waals surface area contributed by atoms with Crippen LogP contribution in [0.3, 0.4) is 0 Å². The molecule has 2 aromatic rings. The van der Waals surface area contributed by atoms with Crippen molar-refractivity contribution in [3.05, 3.63) is 47.5 Å². The van der Waals surface area contributed by atoms with Gasteiger partial charge in [0.05, 0.1) is 0 Å². The van der Waals surface area contributed by atoms with E-state index in [4.69, 9.17) is 0 Å². The number of hydrogen-bond acceptors (Lipinski definition) is 3. The lowest BCUT2D eigenvalue weighted by Crippen LogP contribution is -2.48. The SMILES string of the molecule is Cc1cc(C(=O)N2CCN(c3ccc(F)cc3)CC2)nn1C(C)C. The molecule has 6 heteroatoms. The van der Waals surface area contributed by atoms with Gasteiger partial charge in [-0.05, 0) is 51.1 Å². The summed E-state index contributed by atoms with van der Waals surface area (Å²) in [7, 11) is 0. The molecule has 1 aromatic carbocycles. The van der Waals surface area contributed by atoms with Gasteiger partial charge in [0.1, 0.15) is 5.82 Å². The van der Waals surface area contributed by atoms with Gasteiger partial charge in [-0.2, -0.15) is 5.10 Å². The zero-order valence-corrected chi connectivity index (χ0v) is 14.4. The van der Waals surface area contributed by atoms with Gasteiger partial charge >= 0.3 is 0 Å². The lowest BCUT2D eigenvalue weighted by molar-refractivity contribution is 0.0739. The molecule has 24 heavy (non-hydrogen) atoms. The van der Waals surface area contributed by atoms with Gasteiger partial charge in [0.2, 0.25) is 0 Å². The molecule has 0 atom stereocenters. The topological polar surface area (TPSA) is 41.4 Å². The number of hydrogen-bond donors (Lipinski definition) is 0. The Kier molecular flexibility index (Phi) is 4.55.